The van der Waals surface area contributed by atoms with Crippen LogP contribution in [0.1, 0.15) is 222 Å². The highest BCUT2D eigenvalue weighted by atomic mass is 14.4. The molecule has 280 valence electrons. The molecule has 0 aliphatic carbocycles. The Bertz CT molecular complexity index is 18.8. The van der Waals surface area contributed by atoms with Gasteiger partial charge in [0.1, 0.15) is 0 Å². The molecule has 0 bridgehead atoms. The summed E-state index contributed by atoms with van der Waals surface area (Å²) in [6.45, 7) is 64.0. The molecule has 0 rings (SSSR count). The van der Waals surface area contributed by atoms with Crippen molar-refractivity contribution in [1.82, 2.24) is 0 Å². The molecule has 0 aromatic heterocycles. The van der Waals surface area contributed by atoms with Gasteiger partial charge in [-0.05, 0) is 28.2 Å². The van der Waals surface area contributed by atoms with Crippen molar-refractivity contribution in [3.63, 3.8) is 0 Å². The lowest BCUT2D eigenvalue weighted by Gasteiger charge is -1.19. The van der Waals surface area contributed by atoms with Crippen LogP contribution in [0.15, 0.2) is 0 Å². The molecular weight excluding hydrogens is 488 g/mol. The van der Waals surface area contributed by atoms with Crippen LogP contribution < -0.4 is 22.9 Å². The predicted molar refractivity (Wildman–Crippen MR) is 222 cm³/mol. The molecule has 0 atom stereocenters. The average Bonchev–Trinajstić information content (AvgIpc) is 3.21. The molecule has 0 saturated heterocycles. The number of hydrogen-bond donors (Lipinski definition) is 4. The second-order valence-electron chi connectivity index (χ2n) is 0. The summed E-state index contributed by atoms with van der Waals surface area (Å²) in [5, 5.41) is 0. The van der Waals surface area contributed by atoms with Crippen LogP contribution >= 0.6 is 0 Å². The fourth-order valence-electron chi connectivity index (χ4n) is 0. The molecule has 0 radical (unpaired) electrons. The molecule has 0 aliphatic heterocycles. The molecule has 0 aromatic carbocycles. The van der Waals surface area contributed by atoms with Crippen LogP contribution in [0.4, 0.5) is 0 Å². The van der Waals surface area contributed by atoms with Crippen molar-refractivity contribution in [1.29, 1.82) is 0 Å². The molecule has 0 aliphatic rings. The van der Waals surface area contributed by atoms with E-state index in [9.17, 15) is 0 Å². The molecule has 0 heterocycles. The van der Waals surface area contributed by atoms with E-state index in [-0.39, 0.29) is 0 Å². The fraction of sp³-hybridized carbons (Fsp3) is 1.00. The lowest BCUT2D eigenvalue weighted by molar-refractivity contribution is 1.48. The monoisotopic (exact) mass is 605 g/mol. The summed E-state index contributed by atoms with van der Waals surface area (Å²) >= 11 is 0. The van der Waals surface area contributed by atoms with Crippen molar-refractivity contribution in [2.45, 2.75) is 222 Å². The molecule has 40 heavy (non-hydrogen) atoms. The zero-order valence-electron chi connectivity index (χ0n) is 38.3. The van der Waals surface area contributed by atoms with Gasteiger partial charge < -0.3 is 22.9 Å². The Morgan fingerprint density at radius 3 is 0.100 bits per heavy atom. The molecule has 0 amide bonds. The Labute approximate surface area is 272 Å². The lowest BCUT2D eigenvalue weighted by Crippen LogP contribution is -1.69. The summed E-state index contributed by atoms with van der Waals surface area (Å²) in [6.07, 6.45) is 0. The highest BCUT2D eigenvalue weighted by molar-refractivity contribution is 3.55. The fourth-order valence-corrected chi connectivity index (χ4v) is 0. The first-order valence-corrected chi connectivity index (χ1v) is 18.3. The van der Waals surface area contributed by atoms with Crippen LogP contribution in [0.5, 0.6) is 0 Å². The predicted octanol–water partition coefficient (Wildman–Crippen LogP) is 14.7. The minimum atomic E-state index is 1.50. The summed E-state index contributed by atoms with van der Waals surface area (Å²) in [6, 6.07) is 0. The Hall–Kier alpha value is -0.160. The van der Waals surface area contributed by atoms with E-state index < -0.39 is 0 Å². The molecule has 4 heteroatoms. The number of nitrogens with two attached hydrogens (primary N) is 4. The van der Waals surface area contributed by atoms with E-state index in [0.717, 1.165) is 0 Å². The number of rotatable bonds is 0. The lowest BCUT2D eigenvalue weighted by atomic mass is 11.0. The van der Waals surface area contributed by atoms with Crippen LogP contribution in [0, 0.1) is 0 Å². The van der Waals surface area contributed by atoms with Gasteiger partial charge >= 0.3 is 0 Å². The Kier molecular flexibility index (Phi) is 8290000. The van der Waals surface area contributed by atoms with Gasteiger partial charge in [0.25, 0.3) is 0 Å². The van der Waals surface area contributed by atoms with E-state index in [0.29, 0.717) is 0 Å². The third-order valence-corrected chi connectivity index (χ3v) is 0. The Morgan fingerprint density at radius 1 is 0.100 bits per heavy atom. The first kappa shape index (κ1) is 153. The quantitative estimate of drug-likeness (QED) is 0.221. The smallest absolute Gasteiger partial charge is 0.0195 e. The minimum absolute atomic E-state index is 1.50. The topological polar surface area (TPSA) is 104 Å². The molecule has 8 N–H and O–H groups in total. The first-order chi connectivity index (χ1) is 20.0. The summed E-state index contributed by atoms with van der Waals surface area (Å²) in [5.74, 6) is 0. The third kappa shape index (κ3) is 2010000. The van der Waals surface area contributed by atoms with Crippen LogP contribution in [0.25, 0.3) is 0 Å². The van der Waals surface area contributed by atoms with Crippen molar-refractivity contribution in [3.8, 4) is 0 Å². The van der Waals surface area contributed by atoms with Gasteiger partial charge in [0.2, 0.25) is 0 Å². The normalized spacial score (nSPS) is 3.00. The van der Waals surface area contributed by atoms with E-state index >= 15 is 0 Å². The molecule has 0 unspecified atom stereocenters. The molecule has 0 saturated carbocycles. The summed E-state index contributed by atoms with van der Waals surface area (Å²) < 4.78 is 0. The zero-order valence-corrected chi connectivity index (χ0v) is 38.3. The van der Waals surface area contributed by atoms with Gasteiger partial charge in [0.15, 0.2) is 0 Å². The van der Waals surface area contributed by atoms with Crippen molar-refractivity contribution < 1.29 is 0 Å². The van der Waals surface area contributed by atoms with E-state index in [1.54, 1.807) is 0 Å². The van der Waals surface area contributed by atoms with Crippen molar-refractivity contribution >= 4 is 0 Å². The van der Waals surface area contributed by atoms with E-state index in [4.69, 9.17) is 0 Å². The van der Waals surface area contributed by atoms with Gasteiger partial charge in [-0.25, -0.2) is 0 Å². The van der Waals surface area contributed by atoms with E-state index in [2.05, 4.69) is 22.9 Å². The first-order valence-electron chi connectivity index (χ1n) is 18.3. The van der Waals surface area contributed by atoms with Crippen LogP contribution in [-0.2, 0) is 0 Å². The molecule has 0 aromatic rings. The van der Waals surface area contributed by atoms with Crippen LogP contribution in [-0.4, -0.2) is 28.2 Å². The van der Waals surface area contributed by atoms with Crippen molar-refractivity contribution in [2.75, 3.05) is 28.2 Å². The van der Waals surface area contributed by atoms with Crippen molar-refractivity contribution in [3.05, 3.63) is 0 Å². The van der Waals surface area contributed by atoms with E-state index in [1.165, 1.54) is 28.2 Å². The van der Waals surface area contributed by atoms with Crippen LogP contribution in [0.3, 0.4) is 0 Å². The van der Waals surface area contributed by atoms with Gasteiger partial charge in [-0.1, -0.05) is 222 Å². The SMILES string of the molecule is CC.CC.CC.CC.CC.CC.CC.CC.CC.CC.CC.CC.CC.CC.CC.CC.CN.CN.CN.CN. The van der Waals surface area contributed by atoms with Crippen molar-refractivity contribution in [2.24, 2.45) is 22.9 Å². The summed E-state index contributed by atoms with van der Waals surface area (Å²) in [7, 11) is 6.00. The molecular formula is C36H116N4. The summed E-state index contributed by atoms with van der Waals surface area (Å²) in [4.78, 5) is 0. The highest BCUT2D eigenvalue weighted by Gasteiger charge is 0.964. The van der Waals surface area contributed by atoms with Gasteiger partial charge in [0.05, 0.1) is 0 Å². The Balaban J connectivity index is -0.00000000585. The standard InChI is InChI=1S/16C2H6.4CH5N/c20*1-2/h16*1-2H3;4*2H2,1H3. The highest BCUT2D eigenvalue weighted by Crippen LogP contribution is 1.17. The maximum Gasteiger partial charge on any atom is -0.0195 e. The van der Waals surface area contributed by atoms with Crippen LogP contribution in [0.2, 0.25) is 0 Å². The number of hydrogen-bond acceptors (Lipinski definition) is 4. The van der Waals surface area contributed by atoms with Gasteiger partial charge in [0, 0.05) is 0 Å². The van der Waals surface area contributed by atoms with E-state index in [1.807, 2.05) is 222 Å². The average molecular weight is 605 g/mol. The maximum atomic E-state index is 4.50. The molecule has 0 fully saturated rings. The Morgan fingerprint density at radius 2 is 0.100 bits per heavy atom. The molecule has 0 spiro atoms. The zero-order chi connectivity index (χ0) is 40.0. The van der Waals surface area contributed by atoms with Gasteiger partial charge in [-0.3, -0.25) is 0 Å². The second-order valence-corrected chi connectivity index (χ2v) is 0. The summed E-state index contributed by atoms with van der Waals surface area (Å²) in [5.41, 5.74) is 18.0. The van der Waals surface area contributed by atoms with Gasteiger partial charge in [-0.2, -0.15) is 0 Å². The minimum Gasteiger partial charge on any atom is -0.333 e. The molecule has 4 nitrogen and oxygen atoms in total. The van der Waals surface area contributed by atoms with Gasteiger partial charge in [-0.15, -0.1) is 0 Å². The maximum absolute atomic E-state index is 4.50. The third-order valence-electron chi connectivity index (χ3n) is 0. The second kappa shape index (κ2) is 2170000. The largest absolute Gasteiger partial charge is 0.333 e.